The van der Waals surface area contributed by atoms with Crippen LogP contribution in [0.4, 0.5) is 0 Å². The molecule has 0 amide bonds. The average molecular weight is 196 g/mol. The number of phenols is 2. The third-order valence-electron chi connectivity index (χ3n) is 1.58. The minimum absolute atomic E-state index is 0.149. The fourth-order valence-electron chi connectivity index (χ4n) is 0.991. The van der Waals surface area contributed by atoms with Gasteiger partial charge in [-0.1, -0.05) is 6.92 Å². The largest absolute Gasteiger partial charge is 0.508 e. The number of rotatable bonds is 3. The Balaban J connectivity index is 2.79. The molecular weight excluding hydrogens is 184 g/mol. The molecule has 14 heavy (non-hydrogen) atoms. The number of hydrogen-bond acceptors (Lipinski definition) is 4. The van der Waals surface area contributed by atoms with Gasteiger partial charge in [-0.2, -0.15) is 0 Å². The van der Waals surface area contributed by atoms with E-state index >= 15 is 0 Å². The van der Waals surface area contributed by atoms with Gasteiger partial charge in [-0.3, -0.25) is 0 Å². The van der Waals surface area contributed by atoms with Crippen LogP contribution < -0.4 is 0 Å². The molecule has 0 spiro atoms. The smallest absolute Gasteiger partial charge is 0.338 e. The molecular formula is C10H12O4. The third-order valence-corrected chi connectivity index (χ3v) is 1.58. The van der Waals surface area contributed by atoms with Crippen molar-refractivity contribution in [1.29, 1.82) is 0 Å². The quantitative estimate of drug-likeness (QED) is 0.721. The average Bonchev–Trinajstić information content (AvgIpc) is 2.12. The summed E-state index contributed by atoms with van der Waals surface area (Å²) in [6.45, 7) is 2.21. The van der Waals surface area contributed by atoms with Crippen LogP contribution >= 0.6 is 0 Å². The van der Waals surface area contributed by atoms with Crippen molar-refractivity contribution in [3.8, 4) is 11.5 Å². The highest BCUT2D eigenvalue weighted by atomic mass is 16.5. The number of hydrogen-bond donors (Lipinski definition) is 2. The SMILES string of the molecule is CCCOC(=O)c1cc(O)cc(O)c1. The van der Waals surface area contributed by atoms with Crippen LogP contribution in [0.15, 0.2) is 18.2 Å². The van der Waals surface area contributed by atoms with E-state index in [-0.39, 0.29) is 17.1 Å². The molecule has 2 N–H and O–H groups in total. The number of phenolic OH excluding ortho intramolecular Hbond substituents is 2. The second-order valence-electron chi connectivity index (χ2n) is 2.87. The number of esters is 1. The van der Waals surface area contributed by atoms with Gasteiger partial charge < -0.3 is 14.9 Å². The molecule has 0 radical (unpaired) electrons. The Kier molecular flexibility index (Phi) is 3.34. The van der Waals surface area contributed by atoms with Gasteiger partial charge in [0.05, 0.1) is 12.2 Å². The number of aromatic hydroxyl groups is 2. The van der Waals surface area contributed by atoms with Crippen molar-refractivity contribution in [2.45, 2.75) is 13.3 Å². The van der Waals surface area contributed by atoms with Crippen LogP contribution in [0.25, 0.3) is 0 Å². The first-order chi connectivity index (χ1) is 6.63. The van der Waals surface area contributed by atoms with Crippen LogP contribution in [0, 0.1) is 0 Å². The fourth-order valence-corrected chi connectivity index (χ4v) is 0.991. The molecule has 0 aliphatic heterocycles. The molecule has 0 aromatic heterocycles. The monoisotopic (exact) mass is 196 g/mol. The van der Waals surface area contributed by atoms with Gasteiger partial charge in [-0.15, -0.1) is 0 Å². The molecule has 1 rings (SSSR count). The molecule has 0 heterocycles. The molecule has 0 aliphatic rings. The van der Waals surface area contributed by atoms with Crippen LogP contribution in [-0.4, -0.2) is 22.8 Å². The minimum Gasteiger partial charge on any atom is -0.508 e. The first-order valence-corrected chi connectivity index (χ1v) is 4.33. The molecule has 0 fully saturated rings. The Morgan fingerprint density at radius 1 is 1.29 bits per heavy atom. The van der Waals surface area contributed by atoms with Crippen LogP contribution in [0.1, 0.15) is 23.7 Å². The van der Waals surface area contributed by atoms with Crippen molar-refractivity contribution < 1.29 is 19.7 Å². The first kappa shape index (κ1) is 10.4. The third kappa shape index (κ3) is 2.65. The Labute approximate surface area is 81.8 Å². The molecule has 1 aromatic carbocycles. The number of benzene rings is 1. The van der Waals surface area contributed by atoms with Gasteiger partial charge in [-0.05, 0) is 18.6 Å². The highest BCUT2D eigenvalue weighted by Gasteiger charge is 2.08. The van der Waals surface area contributed by atoms with E-state index in [1.54, 1.807) is 0 Å². The van der Waals surface area contributed by atoms with E-state index in [1.165, 1.54) is 12.1 Å². The van der Waals surface area contributed by atoms with Crippen molar-refractivity contribution in [1.82, 2.24) is 0 Å². The van der Waals surface area contributed by atoms with Gasteiger partial charge in [0.15, 0.2) is 0 Å². The normalized spacial score (nSPS) is 9.79. The van der Waals surface area contributed by atoms with E-state index in [9.17, 15) is 4.79 Å². The molecule has 0 bridgehead atoms. The molecule has 76 valence electrons. The maximum absolute atomic E-state index is 11.3. The Morgan fingerprint density at radius 2 is 1.86 bits per heavy atom. The first-order valence-electron chi connectivity index (χ1n) is 4.33. The Morgan fingerprint density at radius 3 is 2.36 bits per heavy atom. The van der Waals surface area contributed by atoms with E-state index < -0.39 is 5.97 Å². The molecule has 0 saturated heterocycles. The summed E-state index contributed by atoms with van der Waals surface area (Å²) in [7, 11) is 0. The summed E-state index contributed by atoms with van der Waals surface area (Å²) in [6.07, 6.45) is 0.733. The lowest BCUT2D eigenvalue weighted by Gasteiger charge is -2.03. The highest BCUT2D eigenvalue weighted by molar-refractivity contribution is 5.90. The Bertz CT molecular complexity index is 313. The zero-order valence-corrected chi connectivity index (χ0v) is 7.86. The van der Waals surface area contributed by atoms with Gasteiger partial charge in [0.1, 0.15) is 11.5 Å². The maximum Gasteiger partial charge on any atom is 0.338 e. The molecule has 4 heteroatoms. The van der Waals surface area contributed by atoms with Crippen LogP contribution in [-0.2, 0) is 4.74 Å². The summed E-state index contributed by atoms with van der Waals surface area (Å²) < 4.78 is 4.83. The number of carbonyl (C=O) groups excluding carboxylic acids is 1. The van der Waals surface area contributed by atoms with Crippen LogP contribution in [0.2, 0.25) is 0 Å². The van der Waals surface area contributed by atoms with Crippen molar-refractivity contribution in [2.24, 2.45) is 0 Å². The van der Waals surface area contributed by atoms with Crippen molar-refractivity contribution in [3.05, 3.63) is 23.8 Å². The van der Waals surface area contributed by atoms with Crippen LogP contribution in [0.5, 0.6) is 11.5 Å². The Hall–Kier alpha value is -1.71. The maximum atomic E-state index is 11.3. The zero-order chi connectivity index (χ0) is 10.6. The standard InChI is InChI=1S/C10H12O4/c1-2-3-14-10(13)7-4-8(11)6-9(12)5-7/h4-6,11-12H,2-3H2,1H3. The van der Waals surface area contributed by atoms with E-state index in [2.05, 4.69) is 0 Å². The molecule has 4 nitrogen and oxygen atoms in total. The summed E-state index contributed by atoms with van der Waals surface area (Å²) in [5.74, 6) is -0.861. The van der Waals surface area contributed by atoms with E-state index in [0.29, 0.717) is 6.61 Å². The zero-order valence-electron chi connectivity index (χ0n) is 7.86. The van der Waals surface area contributed by atoms with E-state index in [0.717, 1.165) is 12.5 Å². The van der Waals surface area contributed by atoms with Crippen molar-refractivity contribution in [3.63, 3.8) is 0 Å². The number of carbonyl (C=O) groups is 1. The fraction of sp³-hybridized carbons (Fsp3) is 0.300. The van der Waals surface area contributed by atoms with Gasteiger partial charge in [-0.25, -0.2) is 4.79 Å². The van der Waals surface area contributed by atoms with Gasteiger partial charge >= 0.3 is 5.97 Å². The lowest BCUT2D eigenvalue weighted by atomic mass is 10.2. The second-order valence-corrected chi connectivity index (χ2v) is 2.87. The summed E-state index contributed by atoms with van der Waals surface area (Å²) in [6, 6.07) is 3.64. The lowest BCUT2D eigenvalue weighted by Crippen LogP contribution is -2.05. The van der Waals surface area contributed by atoms with Crippen molar-refractivity contribution >= 4 is 5.97 Å². The summed E-state index contributed by atoms with van der Waals surface area (Å²) in [5, 5.41) is 18.2. The van der Waals surface area contributed by atoms with Crippen LogP contribution in [0.3, 0.4) is 0 Å². The second kappa shape index (κ2) is 4.50. The number of ether oxygens (including phenoxy) is 1. The summed E-state index contributed by atoms with van der Waals surface area (Å²) in [5.41, 5.74) is 0.149. The van der Waals surface area contributed by atoms with Gasteiger partial charge in [0, 0.05) is 6.07 Å². The minimum atomic E-state index is -0.543. The van der Waals surface area contributed by atoms with E-state index in [4.69, 9.17) is 14.9 Å². The lowest BCUT2D eigenvalue weighted by molar-refractivity contribution is 0.0504. The predicted octanol–water partition coefficient (Wildman–Crippen LogP) is 1.66. The highest BCUT2D eigenvalue weighted by Crippen LogP contribution is 2.20. The molecule has 1 aromatic rings. The van der Waals surface area contributed by atoms with Gasteiger partial charge in [0.2, 0.25) is 0 Å². The summed E-state index contributed by atoms with van der Waals surface area (Å²) in [4.78, 5) is 11.3. The summed E-state index contributed by atoms with van der Waals surface area (Å²) >= 11 is 0. The molecule has 0 aliphatic carbocycles. The molecule has 0 saturated carbocycles. The molecule has 0 unspecified atom stereocenters. The van der Waals surface area contributed by atoms with Gasteiger partial charge in [0.25, 0.3) is 0 Å². The van der Waals surface area contributed by atoms with E-state index in [1.807, 2.05) is 6.92 Å². The van der Waals surface area contributed by atoms with Crippen molar-refractivity contribution in [2.75, 3.05) is 6.61 Å². The predicted molar refractivity (Wildman–Crippen MR) is 50.3 cm³/mol. The molecule has 0 atom stereocenters. The topological polar surface area (TPSA) is 66.8 Å².